The Morgan fingerprint density at radius 2 is 1.68 bits per heavy atom. The number of anilines is 1. The Morgan fingerprint density at radius 3 is 2.19 bits per heavy atom. The van der Waals surface area contributed by atoms with E-state index in [9.17, 15) is 41.0 Å². The van der Waals surface area contributed by atoms with Crippen LogP contribution in [0, 0.1) is 0 Å². The topological polar surface area (TPSA) is 66.8 Å². The number of ether oxygens (including phenoxy) is 1. The second-order valence-corrected chi connectivity index (χ2v) is 6.72. The number of nitrogens with zero attached hydrogens (tertiary/aromatic N) is 1. The summed E-state index contributed by atoms with van der Waals surface area (Å²) in [4.78, 5) is 25.9. The number of alkyl halides is 6. The predicted molar refractivity (Wildman–Crippen MR) is 94.6 cm³/mol. The van der Waals surface area contributed by atoms with Gasteiger partial charge in [0.1, 0.15) is 0 Å². The molecule has 1 N–H and O–H groups in total. The summed E-state index contributed by atoms with van der Waals surface area (Å²) < 4.78 is 85.7. The highest BCUT2D eigenvalue weighted by atomic mass is 19.4. The Labute approximate surface area is 171 Å². The Bertz CT molecular complexity index is 1020. The van der Waals surface area contributed by atoms with Crippen molar-refractivity contribution in [2.24, 2.45) is 0 Å². The molecule has 166 valence electrons. The lowest BCUT2D eigenvalue weighted by molar-refractivity contribution is -0.171. The summed E-state index contributed by atoms with van der Waals surface area (Å²) in [6, 6.07) is 7.73. The van der Waals surface area contributed by atoms with E-state index >= 15 is 0 Å². The molecule has 1 heterocycles. The van der Waals surface area contributed by atoms with E-state index in [1.54, 1.807) is 18.2 Å². The van der Waals surface area contributed by atoms with Crippen molar-refractivity contribution in [3.8, 4) is 0 Å². The van der Waals surface area contributed by atoms with Gasteiger partial charge in [-0.3, -0.25) is 4.79 Å². The zero-order chi connectivity index (χ0) is 23.2. The summed E-state index contributed by atoms with van der Waals surface area (Å²) in [5.41, 5.74) is -8.89. The first kappa shape index (κ1) is 22.6. The largest absolute Gasteiger partial charge is 0.463 e. The third kappa shape index (κ3) is 3.85. The Hall–Kier alpha value is -3.08. The van der Waals surface area contributed by atoms with E-state index in [2.05, 4.69) is 4.74 Å². The molecule has 3 rings (SSSR count). The van der Waals surface area contributed by atoms with Crippen molar-refractivity contribution < 1.29 is 45.8 Å². The van der Waals surface area contributed by atoms with Gasteiger partial charge in [-0.1, -0.05) is 30.3 Å². The molecule has 1 aliphatic rings. The maximum absolute atomic E-state index is 13.7. The van der Waals surface area contributed by atoms with Crippen molar-refractivity contribution in [1.29, 1.82) is 0 Å². The normalized spacial score (nSPS) is 18.8. The fraction of sp³-hybridized carbons (Fsp3) is 0.300. The van der Waals surface area contributed by atoms with Crippen molar-refractivity contribution in [1.82, 2.24) is 0 Å². The molecule has 0 aliphatic carbocycles. The number of benzene rings is 2. The van der Waals surface area contributed by atoms with Gasteiger partial charge in [-0.25, -0.2) is 4.79 Å². The van der Waals surface area contributed by atoms with Gasteiger partial charge in [0.2, 0.25) is 0 Å². The molecule has 2 aromatic carbocycles. The van der Waals surface area contributed by atoms with Gasteiger partial charge in [-0.15, -0.1) is 0 Å². The second-order valence-electron chi connectivity index (χ2n) is 6.72. The minimum Gasteiger partial charge on any atom is -0.463 e. The first-order valence-corrected chi connectivity index (χ1v) is 8.90. The number of carbonyl (C=O) groups is 2. The predicted octanol–water partition coefficient (Wildman–Crippen LogP) is 4.02. The van der Waals surface area contributed by atoms with E-state index < -0.39 is 58.8 Å². The van der Waals surface area contributed by atoms with Gasteiger partial charge in [-0.2, -0.15) is 26.3 Å². The number of carbonyl (C=O) groups excluding carboxylic acids is 2. The smallest absolute Gasteiger partial charge is 0.416 e. The van der Waals surface area contributed by atoms with E-state index in [-0.39, 0.29) is 12.7 Å². The average Bonchev–Trinajstić information content (AvgIpc) is 2.90. The number of aliphatic hydroxyl groups is 1. The molecular formula is C20H15F6NO4. The van der Waals surface area contributed by atoms with Gasteiger partial charge in [-0.05, 0) is 24.6 Å². The minimum atomic E-state index is -5.41. The molecule has 1 unspecified atom stereocenters. The van der Waals surface area contributed by atoms with Crippen LogP contribution < -0.4 is 4.90 Å². The van der Waals surface area contributed by atoms with Gasteiger partial charge in [0, 0.05) is 5.56 Å². The summed E-state index contributed by atoms with van der Waals surface area (Å²) in [6.45, 7) is 0.429. The SMILES string of the molecule is CCOC(=O)C1(O)C(=O)N(Cc2ccccc2)c2cc(C(F)(F)F)cc(C(F)(F)F)c21. The van der Waals surface area contributed by atoms with Gasteiger partial charge in [0.05, 0.1) is 30.0 Å². The highest BCUT2D eigenvalue weighted by Gasteiger charge is 2.61. The van der Waals surface area contributed by atoms with Crippen LogP contribution in [0.2, 0.25) is 0 Å². The van der Waals surface area contributed by atoms with Gasteiger partial charge in [0.25, 0.3) is 11.5 Å². The molecule has 0 radical (unpaired) electrons. The Balaban J connectivity index is 2.33. The van der Waals surface area contributed by atoms with Crippen LogP contribution in [0.25, 0.3) is 0 Å². The molecule has 0 saturated heterocycles. The van der Waals surface area contributed by atoms with Crippen molar-refractivity contribution in [2.45, 2.75) is 31.4 Å². The Morgan fingerprint density at radius 1 is 1.06 bits per heavy atom. The molecule has 0 bridgehead atoms. The quantitative estimate of drug-likeness (QED) is 0.437. The minimum absolute atomic E-state index is 0.234. The lowest BCUT2D eigenvalue weighted by Crippen LogP contribution is -2.47. The first-order valence-electron chi connectivity index (χ1n) is 8.90. The molecular weight excluding hydrogens is 432 g/mol. The number of hydrogen-bond acceptors (Lipinski definition) is 4. The first-order chi connectivity index (χ1) is 14.3. The lowest BCUT2D eigenvalue weighted by Gasteiger charge is -2.23. The van der Waals surface area contributed by atoms with Crippen LogP contribution in [0.4, 0.5) is 32.0 Å². The molecule has 0 saturated carbocycles. The van der Waals surface area contributed by atoms with Crippen LogP contribution in [0.15, 0.2) is 42.5 Å². The molecule has 11 heteroatoms. The van der Waals surface area contributed by atoms with Crippen LogP contribution in [-0.2, 0) is 38.8 Å². The summed E-state index contributed by atoms with van der Waals surface area (Å²) in [7, 11) is 0. The Kier molecular flexibility index (Phi) is 5.51. The third-order valence-electron chi connectivity index (χ3n) is 4.71. The zero-order valence-electron chi connectivity index (χ0n) is 15.8. The van der Waals surface area contributed by atoms with E-state index in [1.165, 1.54) is 19.1 Å². The summed E-state index contributed by atoms with van der Waals surface area (Å²) in [6.07, 6.45) is -10.6. The number of amides is 1. The monoisotopic (exact) mass is 447 g/mol. The fourth-order valence-corrected chi connectivity index (χ4v) is 3.37. The van der Waals surface area contributed by atoms with Gasteiger partial charge in [0.15, 0.2) is 0 Å². The number of rotatable bonds is 4. The molecule has 31 heavy (non-hydrogen) atoms. The van der Waals surface area contributed by atoms with Crippen molar-refractivity contribution in [2.75, 3.05) is 11.5 Å². The summed E-state index contributed by atoms with van der Waals surface area (Å²) in [5, 5.41) is 10.9. The molecule has 0 fully saturated rings. The number of esters is 1. The highest BCUT2D eigenvalue weighted by molar-refractivity contribution is 6.19. The molecule has 2 aromatic rings. The standard InChI is InChI=1S/C20H15F6NO4/c1-2-31-17(29)18(30)15-13(20(24,25)26)8-12(19(21,22)23)9-14(15)27(16(18)28)10-11-6-4-3-5-7-11/h3-9,30H,2,10H2,1H3. The number of halogens is 6. The van der Waals surface area contributed by atoms with Crippen molar-refractivity contribution in [3.63, 3.8) is 0 Å². The molecule has 1 amide bonds. The summed E-state index contributed by atoms with van der Waals surface area (Å²) in [5.74, 6) is -3.24. The number of fused-ring (bicyclic) bond motifs is 1. The average molecular weight is 447 g/mol. The molecule has 0 aromatic heterocycles. The zero-order valence-corrected chi connectivity index (χ0v) is 15.8. The van der Waals surface area contributed by atoms with E-state index in [0.29, 0.717) is 16.5 Å². The molecule has 0 spiro atoms. The third-order valence-corrected chi connectivity index (χ3v) is 4.71. The highest BCUT2D eigenvalue weighted by Crippen LogP contribution is 2.50. The van der Waals surface area contributed by atoms with Crippen LogP contribution >= 0.6 is 0 Å². The lowest BCUT2D eigenvalue weighted by atomic mass is 9.89. The molecule has 1 atom stereocenters. The molecule has 1 aliphatic heterocycles. The molecule has 5 nitrogen and oxygen atoms in total. The fourth-order valence-electron chi connectivity index (χ4n) is 3.37. The van der Waals surface area contributed by atoms with Gasteiger partial charge < -0.3 is 14.7 Å². The summed E-state index contributed by atoms with van der Waals surface area (Å²) >= 11 is 0. The van der Waals surface area contributed by atoms with Crippen molar-refractivity contribution >= 4 is 17.6 Å². The van der Waals surface area contributed by atoms with Crippen LogP contribution in [0.3, 0.4) is 0 Å². The van der Waals surface area contributed by atoms with E-state index in [4.69, 9.17) is 0 Å². The maximum Gasteiger partial charge on any atom is 0.416 e. The van der Waals surface area contributed by atoms with Gasteiger partial charge >= 0.3 is 18.3 Å². The van der Waals surface area contributed by atoms with Crippen LogP contribution in [-0.4, -0.2) is 23.6 Å². The maximum atomic E-state index is 13.7. The van der Waals surface area contributed by atoms with E-state index in [1.807, 2.05) is 0 Å². The second kappa shape index (κ2) is 7.56. The van der Waals surface area contributed by atoms with Crippen LogP contribution in [0.5, 0.6) is 0 Å². The van der Waals surface area contributed by atoms with Crippen LogP contribution in [0.1, 0.15) is 29.2 Å². The van der Waals surface area contributed by atoms with Crippen molar-refractivity contribution in [3.05, 3.63) is 64.7 Å². The number of hydrogen-bond donors (Lipinski definition) is 1. The van der Waals surface area contributed by atoms with E-state index in [0.717, 1.165) is 0 Å².